The van der Waals surface area contributed by atoms with E-state index in [9.17, 15) is 0 Å². The Bertz CT molecular complexity index is 263. The molecule has 0 N–H and O–H groups in total. The topological polar surface area (TPSA) is 30.3 Å². The van der Waals surface area contributed by atoms with Gasteiger partial charge in [-0.15, -0.1) is 11.6 Å². The average molecular weight is 228 g/mol. The third-order valence-corrected chi connectivity index (χ3v) is 3.84. The van der Waals surface area contributed by atoms with Crippen molar-refractivity contribution in [3.63, 3.8) is 0 Å². The zero-order valence-electron chi connectivity index (χ0n) is 9.19. The van der Waals surface area contributed by atoms with E-state index < -0.39 is 0 Å². The van der Waals surface area contributed by atoms with Crippen LogP contribution in [-0.2, 0) is 0 Å². The smallest absolute Gasteiger partial charge is 0.133 e. The number of alkyl halides is 1. The normalized spacial score (nSPS) is 34.7. The van der Waals surface area contributed by atoms with Gasteiger partial charge in [0, 0.05) is 31.7 Å². The summed E-state index contributed by atoms with van der Waals surface area (Å²) in [6.45, 7) is 6.43. The Balaban J connectivity index is 1.93. The molecule has 15 heavy (non-hydrogen) atoms. The van der Waals surface area contributed by atoms with Crippen molar-refractivity contribution in [1.29, 1.82) is 5.26 Å². The quantitative estimate of drug-likeness (QED) is 0.666. The standard InChI is InChI=1S/C11H18ClN3/c1-9-6-14-4-2-3-11(14)8-15(9)7-10(12)5-13/h9-11H,2-4,6-8H2,1H3. The maximum Gasteiger partial charge on any atom is 0.133 e. The van der Waals surface area contributed by atoms with Crippen LogP contribution in [0, 0.1) is 11.3 Å². The Kier molecular flexibility index (Phi) is 3.50. The number of rotatable bonds is 2. The fraction of sp³-hybridized carbons (Fsp3) is 0.909. The Morgan fingerprint density at radius 1 is 1.53 bits per heavy atom. The maximum atomic E-state index is 8.72. The number of hydrogen-bond acceptors (Lipinski definition) is 3. The van der Waals surface area contributed by atoms with Crippen LogP contribution in [0.2, 0.25) is 0 Å². The number of nitrogens with zero attached hydrogens (tertiary/aromatic N) is 3. The van der Waals surface area contributed by atoms with E-state index in [2.05, 4.69) is 22.8 Å². The fourth-order valence-electron chi connectivity index (χ4n) is 2.75. The van der Waals surface area contributed by atoms with Gasteiger partial charge in [0.1, 0.15) is 5.38 Å². The van der Waals surface area contributed by atoms with E-state index in [1.165, 1.54) is 19.4 Å². The fourth-order valence-corrected chi connectivity index (χ4v) is 2.93. The van der Waals surface area contributed by atoms with E-state index >= 15 is 0 Å². The van der Waals surface area contributed by atoms with Gasteiger partial charge in [0.2, 0.25) is 0 Å². The second kappa shape index (κ2) is 4.69. The highest BCUT2D eigenvalue weighted by Crippen LogP contribution is 2.24. The van der Waals surface area contributed by atoms with Crippen LogP contribution in [-0.4, -0.2) is 53.4 Å². The molecule has 0 aromatic rings. The highest BCUT2D eigenvalue weighted by atomic mass is 35.5. The van der Waals surface area contributed by atoms with Gasteiger partial charge in [0.25, 0.3) is 0 Å². The van der Waals surface area contributed by atoms with E-state index in [-0.39, 0.29) is 5.38 Å². The lowest BCUT2D eigenvalue weighted by molar-refractivity contribution is 0.0618. The SMILES string of the molecule is CC1CN2CCCC2CN1CC(Cl)C#N. The minimum atomic E-state index is -0.361. The highest BCUT2D eigenvalue weighted by Gasteiger charge is 2.34. The summed E-state index contributed by atoms with van der Waals surface area (Å²) in [6, 6.07) is 3.35. The molecular formula is C11H18ClN3. The van der Waals surface area contributed by atoms with Crippen molar-refractivity contribution in [3.8, 4) is 6.07 Å². The van der Waals surface area contributed by atoms with Crippen molar-refractivity contribution in [3.05, 3.63) is 0 Å². The van der Waals surface area contributed by atoms with Gasteiger partial charge in [0.15, 0.2) is 0 Å². The lowest BCUT2D eigenvalue weighted by atomic mass is 10.1. The van der Waals surface area contributed by atoms with Gasteiger partial charge in [-0.25, -0.2) is 0 Å². The van der Waals surface area contributed by atoms with Crippen molar-refractivity contribution in [2.45, 2.75) is 37.2 Å². The largest absolute Gasteiger partial charge is 0.298 e. The van der Waals surface area contributed by atoms with Crippen LogP contribution in [0.25, 0.3) is 0 Å². The molecule has 3 unspecified atom stereocenters. The molecule has 0 amide bonds. The second-order valence-corrected chi connectivity index (χ2v) is 5.22. The van der Waals surface area contributed by atoms with Crippen molar-refractivity contribution in [1.82, 2.24) is 9.80 Å². The summed E-state index contributed by atoms with van der Waals surface area (Å²) in [7, 11) is 0. The molecule has 0 saturated carbocycles. The summed E-state index contributed by atoms with van der Waals surface area (Å²) < 4.78 is 0. The summed E-state index contributed by atoms with van der Waals surface area (Å²) >= 11 is 5.89. The second-order valence-electron chi connectivity index (χ2n) is 4.69. The molecule has 0 aromatic heterocycles. The van der Waals surface area contributed by atoms with Gasteiger partial charge >= 0.3 is 0 Å². The minimum absolute atomic E-state index is 0.361. The average Bonchev–Trinajstić information content (AvgIpc) is 2.65. The number of halogens is 1. The van der Waals surface area contributed by atoms with E-state index in [0.29, 0.717) is 18.6 Å². The Labute approximate surface area is 96.6 Å². The molecule has 0 aliphatic carbocycles. The third kappa shape index (κ3) is 2.44. The number of hydrogen-bond donors (Lipinski definition) is 0. The number of piperazine rings is 1. The molecule has 0 bridgehead atoms. The molecule has 3 atom stereocenters. The zero-order valence-corrected chi connectivity index (χ0v) is 9.95. The van der Waals surface area contributed by atoms with Crippen LogP contribution in [0.3, 0.4) is 0 Å². The Morgan fingerprint density at radius 3 is 3.07 bits per heavy atom. The van der Waals surface area contributed by atoms with E-state index in [1.807, 2.05) is 0 Å². The van der Waals surface area contributed by atoms with Gasteiger partial charge < -0.3 is 0 Å². The van der Waals surface area contributed by atoms with Crippen LogP contribution >= 0.6 is 11.6 Å². The Morgan fingerprint density at radius 2 is 2.33 bits per heavy atom. The van der Waals surface area contributed by atoms with Crippen LogP contribution in [0.5, 0.6) is 0 Å². The van der Waals surface area contributed by atoms with Crippen molar-refractivity contribution in [2.75, 3.05) is 26.2 Å². The molecule has 2 aliphatic heterocycles. The van der Waals surface area contributed by atoms with Crippen LogP contribution in [0.4, 0.5) is 0 Å². The summed E-state index contributed by atoms with van der Waals surface area (Å²) in [5, 5.41) is 8.36. The molecular weight excluding hydrogens is 210 g/mol. The van der Waals surface area contributed by atoms with E-state index in [4.69, 9.17) is 16.9 Å². The van der Waals surface area contributed by atoms with Gasteiger partial charge in [-0.2, -0.15) is 5.26 Å². The molecule has 2 aliphatic rings. The molecule has 0 spiro atoms. The van der Waals surface area contributed by atoms with Crippen molar-refractivity contribution >= 4 is 11.6 Å². The molecule has 2 rings (SSSR count). The van der Waals surface area contributed by atoms with Gasteiger partial charge in [-0.1, -0.05) is 0 Å². The lowest BCUT2D eigenvalue weighted by Crippen LogP contribution is -2.55. The van der Waals surface area contributed by atoms with Gasteiger partial charge in [-0.05, 0) is 26.3 Å². The van der Waals surface area contributed by atoms with Gasteiger partial charge in [-0.3, -0.25) is 9.80 Å². The van der Waals surface area contributed by atoms with Gasteiger partial charge in [0.05, 0.1) is 6.07 Å². The molecule has 4 heteroatoms. The highest BCUT2D eigenvalue weighted by molar-refractivity contribution is 6.22. The molecule has 2 saturated heterocycles. The monoisotopic (exact) mass is 227 g/mol. The van der Waals surface area contributed by atoms with Crippen LogP contribution < -0.4 is 0 Å². The summed E-state index contributed by atoms with van der Waals surface area (Å²) in [5.74, 6) is 0. The predicted molar refractivity (Wildman–Crippen MR) is 60.9 cm³/mol. The molecule has 2 fully saturated rings. The Hall–Kier alpha value is -0.300. The lowest BCUT2D eigenvalue weighted by Gasteiger charge is -2.42. The molecule has 2 heterocycles. The summed E-state index contributed by atoms with van der Waals surface area (Å²) in [4.78, 5) is 4.95. The van der Waals surface area contributed by atoms with Crippen LogP contribution in [0.1, 0.15) is 19.8 Å². The maximum absolute atomic E-state index is 8.72. The van der Waals surface area contributed by atoms with Crippen LogP contribution in [0.15, 0.2) is 0 Å². The van der Waals surface area contributed by atoms with Crippen molar-refractivity contribution in [2.24, 2.45) is 0 Å². The first-order valence-corrected chi connectivity index (χ1v) is 6.16. The molecule has 0 radical (unpaired) electrons. The molecule has 0 aromatic carbocycles. The summed E-state index contributed by atoms with van der Waals surface area (Å²) in [6.07, 6.45) is 2.64. The zero-order chi connectivity index (χ0) is 10.8. The predicted octanol–water partition coefficient (Wildman–Crippen LogP) is 1.29. The number of nitriles is 1. The first kappa shape index (κ1) is 11.2. The first-order chi connectivity index (χ1) is 7.20. The minimum Gasteiger partial charge on any atom is -0.298 e. The molecule has 84 valence electrons. The van der Waals surface area contributed by atoms with Crippen molar-refractivity contribution < 1.29 is 0 Å². The van der Waals surface area contributed by atoms with E-state index in [1.54, 1.807) is 0 Å². The van der Waals surface area contributed by atoms with E-state index in [0.717, 1.165) is 13.1 Å². The summed E-state index contributed by atoms with van der Waals surface area (Å²) in [5.41, 5.74) is 0. The molecule has 3 nitrogen and oxygen atoms in total. The first-order valence-electron chi connectivity index (χ1n) is 5.72. The third-order valence-electron chi connectivity index (χ3n) is 3.60. The number of fused-ring (bicyclic) bond motifs is 1.